The molecule has 2 fully saturated rings. The highest BCUT2D eigenvalue weighted by Gasteiger charge is 2.73. The topological polar surface area (TPSA) is 112 Å². The molecule has 0 amide bonds. The van der Waals surface area contributed by atoms with Gasteiger partial charge in [0, 0.05) is 5.56 Å². The zero-order valence-electron chi connectivity index (χ0n) is 31.4. The summed E-state index contributed by atoms with van der Waals surface area (Å²) >= 11 is 0. The zero-order valence-corrected chi connectivity index (χ0v) is 31.4. The summed E-state index contributed by atoms with van der Waals surface area (Å²) in [4.78, 5) is 45.1. The van der Waals surface area contributed by atoms with Crippen LogP contribution in [0, 0.1) is 22.2 Å². The van der Waals surface area contributed by atoms with E-state index in [1.54, 1.807) is 0 Å². The Hall–Kier alpha value is -3.93. The van der Waals surface area contributed by atoms with Crippen LogP contribution in [0.25, 0.3) is 5.76 Å². The molecule has 0 aromatic heterocycles. The number of aliphatic hydroxyl groups excluding tert-OH is 1. The van der Waals surface area contributed by atoms with Crippen LogP contribution in [0.5, 0.6) is 11.5 Å². The standard InChI is InChI=1S/C43H58O6/c1-27(2)13-11-15-30(7)17-19-33-26-42(23-22-31(8)16-12-14-28(3)4)38(47)36(37(46)32-18-20-34(44)35(45)25-32)39(48)43(40(42)49,41(33,9)10)24-21-29(5)6/h13-14,17-18,20-22,25,33,44-46H,11-12,15-16,19,23-24,26H2,1-10H3/b30-17+,31-22+,37-36?/t33-,42+,43-/m0/s1. The van der Waals surface area contributed by atoms with Crippen molar-refractivity contribution in [1.29, 1.82) is 0 Å². The fourth-order valence-electron chi connectivity index (χ4n) is 7.52. The van der Waals surface area contributed by atoms with Crippen LogP contribution in [0.4, 0.5) is 0 Å². The van der Waals surface area contributed by atoms with Crippen molar-refractivity contribution in [3.8, 4) is 11.5 Å². The second-order valence-corrected chi connectivity index (χ2v) is 15.7. The largest absolute Gasteiger partial charge is 0.506 e. The number of aliphatic hydroxyl groups is 1. The number of hydrogen-bond acceptors (Lipinski definition) is 6. The van der Waals surface area contributed by atoms with Crippen LogP contribution < -0.4 is 0 Å². The van der Waals surface area contributed by atoms with Crippen LogP contribution in [0.2, 0.25) is 0 Å². The number of fused-ring (bicyclic) bond motifs is 2. The second-order valence-electron chi connectivity index (χ2n) is 15.7. The highest BCUT2D eigenvalue weighted by Crippen LogP contribution is 2.65. The maximum absolute atomic E-state index is 15.2. The number of carbonyl (C=O) groups excluding carboxylic acids is 3. The van der Waals surface area contributed by atoms with Crippen molar-refractivity contribution in [2.75, 3.05) is 0 Å². The molecule has 0 unspecified atom stereocenters. The summed E-state index contributed by atoms with van der Waals surface area (Å²) < 4.78 is 0. The molecule has 3 atom stereocenters. The first kappa shape index (κ1) is 39.5. The van der Waals surface area contributed by atoms with Gasteiger partial charge in [-0.15, -0.1) is 0 Å². The van der Waals surface area contributed by atoms with E-state index in [1.807, 2.05) is 46.8 Å². The smallest absolute Gasteiger partial charge is 0.184 e. The summed E-state index contributed by atoms with van der Waals surface area (Å²) in [6.45, 7) is 20.2. The first-order chi connectivity index (χ1) is 22.8. The van der Waals surface area contributed by atoms with Crippen molar-refractivity contribution < 1.29 is 29.7 Å². The molecule has 2 bridgehead atoms. The van der Waals surface area contributed by atoms with Gasteiger partial charge in [0.25, 0.3) is 0 Å². The average molecular weight is 671 g/mol. The van der Waals surface area contributed by atoms with Gasteiger partial charge < -0.3 is 15.3 Å². The number of aromatic hydroxyl groups is 2. The van der Waals surface area contributed by atoms with Crippen molar-refractivity contribution in [1.82, 2.24) is 0 Å². The van der Waals surface area contributed by atoms with Gasteiger partial charge in [0.1, 0.15) is 16.7 Å². The van der Waals surface area contributed by atoms with Gasteiger partial charge >= 0.3 is 0 Å². The van der Waals surface area contributed by atoms with E-state index < -0.39 is 50.6 Å². The molecule has 0 spiro atoms. The Morgan fingerprint density at radius 3 is 1.82 bits per heavy atom. The number of carbonyl (C=O) groups is 3. The van der Waals surface area contributed by atoms with Crippen LogP contribution in [0.1, 0.15) is 126 Å². The van der Waals surface area contributed by atoms with E-state index in [2.05, 4.69) is 52.8 Å². The van der Waals surface area contributed by atoms with E-state index >= 15 is 9.59 Å². The average Bonchev–Trinajstić information content (AvgIpc) is 3.00. The molecule has 2 aliphatic carbocycles. The number of phenolic OH excluding ortho intramolecular Hbond substituents is 2. The van der Waals surface area contributed by atoms with Crippen LogP contribution >= 0.6 is 0 Å². The highest BCUT2D eigenvalue weighted by molar-refractivity contribution is 6.41. The van der Waals surface area contributed by atoms with E-state index in [1.165, 1.54) is 28.9 Å². The molecule has 266 valence electrons. The first-order valence-corrected chi connectivity index (χ1v) is 17.6. The lowest BCUT2D eigenvalue weighted by molar-refractivity contribution is -0.176. The van der Waals surface area contributed by atoms with Gasteiger partial charge in [-0.05, 0) is 136 Å². The van der Waals surface area contributed by atoms with Crippen molar-refractivity contribution in [2.45, 2.75) is 121 Å². The molecule has 0 heterocycles. The van der Waals surface area contributed by atoms with Gasteiger partial charge in [0.2, 0.25) is 0 Å². The molecule has 1 aromatic rings. The van der Waals surface area contributed by atoms with E-state index in [-0.39, 0.29) is 36.5 Å². The Labute approximate surface area is 294 Å². The number of Topliss-reactive ketones (excluding diaryl/α,β-unsaturated/α-hetero) is 3. The molecule has 3 rings (SSSR count). The van der Waals surface area contributed by atoms with Crippen molar-refractivity contribution >= 4 is 23.1 Å². The zero-order chi connectivity index (χ0) is 36.9. The van der Waals surface area contributed by atoms with Crippen LogP contribution in [-0.4, -0.2) is 32.7 Å². The van der Waals surface area contributed by atoms with E-state index in [9.17, 15) is 20.1 Å². The third-order valence-corrected chi connectivity index (χ3v) is 10.8. The molecular weight excluding hydrogens is 612 g/mol. The summed E-state index contributed by atoms with van der Waals surface area (Å²) in [5.74, 6) is -3.36. The number of rotatable bonds is 13. The molecule has 1 aromatic carbocycles. The van der Waals surface area contributed by atoms with Crippen molar-refractivity contribution in [3.63, 3.8) is 0 Å². The SMILES string of the molecule is CC(C)=CCC/C(C)=C/C[C@H]1C[C@]2(C/C=C(\C)CCC=C(C)C)C(=O)C(=C(O)c3ccc(O)c(O)c3)C(=O)[C@@](CC=C(C)C)(C2=O)C1(C)C. The number of phenols is 2. The van der Waals surface area contributed by atoms with Gasteiger partial charge in [-0.3, -0.25) is 14.4 Å². The van der Waals surface area contributed by atoms with Crippen molar-refractivity contribution in [2.24, 2.45) is 22.2 Å². The first-order valence-electron chi connectivity index (χ1n) is 17.6. The maximum atomic E-state index is 15.2. The molecule has 0 radical (unpaired) electrons. The van der Waals surface area contributed by atoms with E-state index in [0.29, 0.717) is 6.42 Å². The third kappa shape index (κ3) is 8.11. The molecule has 2 aliphatic rings. The fourth-order valence-corrected chi connectivity index (χ4v) is 7.52. The molecular formula is C43H58O6. The van der Waals surface area contributed by atoms with Gasteiger partial charge in [0.15, 0.2) is 28.8 Å². The Kier molecular flexibility index (Phi) is 12.7. The third-order valence-electron chi connectivity index (χ3n) is 10.8. The number of ketones is 3. The van der Waals surface area contributed by atoms with Gasteiger partial charge in [0.05, 0.1) is 5.41 Å². The second kappa shape index (κ2) is 15.7. The summed E-state index contributed by atoms with van der Waals surface area (Å²) in [6.07, 6.45) is 15.0. The maximum Gasteiger partial charge on any atom is 0.184 e. The lowest BCUT2D eigenvalue weighted by Gasteiger charge is -2.60. The Morgan fingerprint density at radius 2 is 1.29 bits per heavy atom. The lowest BCUT2D eigenvalue weighted by atomic mass is 9.38. The summed E-state index contributed by atoms with van der Waals surface area (Å²) in [6, 6.07) is 3.68. The highest BCUT2D eigenvalue weighted by atomic mass is 16.3. The van der Waals surface area contributed by atoms with Crippen molar-refractivity contribution in [3.05, 3.63) is 87.6 Å². The molecule has 49 heavy (non-hydrogen) atoms. The van der Waals surface area contributed by atoms with E-state index in [4.69, 9.17) is 0 Å². The monoisotopic (exact) mass is 670 g/mol. The predicted octanol–water partition coefficient (Wildman–Crippen LogP) is 10.6. The summed E-state index contributed by atoms with van der Waals surface area (Å²) in [5.41, 5.74) is 1.27. The summed E-state index contributed by atoms with van der Waals surface area (Å²) in [7, 11) is 0. The molecule has 3 N–H and O–H groups in total. The predicted molar refractivity (Wildman–Crippen MR) is 199 cm³/mol. The number of hydrogen-bond donors (Lipinski definition) is 3. The van der Waals surface area contributed by atoms with Gasteiger partial charge in [-0.2, -0.15) is 0 Å². The number of benzene rings is 1. The molecule has 2 saturated carbocycles. The van der Waals surface area contributed by atoms with Gasteiger partial charge in [-0.1, -0.05) is 72.1 Å². The van der Waals surface area contributed by atoms with Crippen LogP contribution in [0.15, 0.2) is 82.0 Å². The fraction of sp³-hybridized carbons (Fsp3) is 0.512. The van der Waals surface area contributed by atoms with Crippen LogP contribution in [-0.2, 0) is 14.4 Å². The quantitative estimate of drug-likeness (QED) is 0.0481. The normalized spacial score (nSPS) is 24.8. The van der Waals surface area contributed by atoms with Gasteiger partial charge in [-0.25, -0.2) is 0 Å². The van der Waals surface area contributed by atoms with Crippen LogP contribution in [0.3, 0.4) is 0 Å². The Morgan fingerprint density at radius 1 is 0.735 bits per heavy atom. The Balaban J connectivity index is 2.32. The number of allylic oxidation sites excluding steroid dienone is 11. The molecule has 6 heteroatoms. The minimum absolute atomic E-state index is 0.0182. The minimum Gasteiger partial charge on any atom is -0.506 e. The lowest BCUT2D eigenvalue weighted by Crippen LogP contribution is -2.69. The minimum atomic E-state index is -1.61. The Bertz CT molecular complexity index is 1650. The molecule has 0 saturated heterocycles. The summed E-state index contributed by atoms with van der Waals surface area (Å²) in [5, 5.41) is 31.9. The molecule has 0 aliphatic heterocycles. The molecule has 6 nitrogen and oxygen atoms in total. The van der Waals surface area contributed by atoms with E-state index in [0.717, 1.165) is 42.9 Å².